The minimum atomic E-state index is -1.17. The Bertz CT molecular complexity index is 180. The van der Waals surface area contributed by atoms with Crippen molar-refractivity contribution in [1.29, 1.82) is 0 Å². The molecule has 5 heteroatoms. The number of rotatable bonds is 0. The third kappa shape index (κ3) is 9.43. The van der Waals surface area contributed by atoms with Crippen LogP contribution in [0.2, 0.25) is 0 Å². The van der Waals surface area contributed by atoms with E-state index in [1.807, 2.05) is 6.07 Å². The summed E-state index contributed by atoms with van der Waals surface area (Å²) in [5, 5.41) is 8.63. The Hall–Kier alpha value is -0.570. The van der Waals surface area contributed by atoms with Gasteiger partial charge in [0.05, 0.1) is 0 Å². The first-order valence-corrected chi connectivity index (χ1v) is 3.42. The van der Waals surface area contributed by atoms with Gasteiger partial charge in [-0.1, -0.05) is 18.2 Å². The molecule has 1 aromatic rings. The molecule has 0 radical (unpaired) electrons. The molecule has 62 valence electrons. The van der Waals surface area contributed by atoms with Crippen LogP contribution in [0.4, 0.5) is 0 Å². The van der Waals surface area contributed by atoms with Gasteiger partial charge in [-0.2, -0.15) is 18.4 Å². The predicted molar refractivity (Wildman–Crippen MR) is 49.7 cm³/mol. The molecule has 0 aliphatic carbocycles. The minimum Gasteiger partial charge on any atom is -0.508 e. The summed E-state index contributed by atoms with van der Waals surface area (Å²) in [5.41, 5.74) is 0. The number of phenols is 1. The highest BCUT2D eigenvalue weighted by atomic mass is 32.1. The molecule has 3 nitrogen and oxygen atoms in total. The monoisotopic (exact) mass is 193 g/mol. The molecule has 11 heavy (non-hydrogen) atoms. The standard InChI is InChI=1S/C6H6O.HO2P.H2S/c7-6-4-2-1-3-5-6;1-3-2;/h1-5,7H;3H;1H2/p+1. The maximum absolute atomic E-state index is 8.63. The Kier molecular flexibility index (Phi) is 11.2. The lowest BCUT2D eigenvalue weighted by atomic mass is 10.3. The van der Waals surface area contributed by atoms with Gasteiger partial charge >= 0.3 is 8.69 Å². The lowest BCUT2D eigenvalue weighted by Gasteiger charge is -1.82. The fraction of sp³-hybridized carbons (Fsp3) is 0. The van der Waals surface area contributed by atoms with Gasteiger partial charge in [-0.05, 0) is 16.7 Å². The van der Waals surface area contributed by atoms with Crippen LogP contribution in [0, 0.1) is 0 Å². The van der Waals surface area contributed by atoms with Gasteiger partial charge in [0.2, 0.25) is 0 Å². The molecule has 1 rings (SSSR count). The molecule has 0 aliphatic rings. The van der Waals surface area contributed by atoms with Crippen LogP contribution in [0.25, 0.3) is 0 Å². The van der Waals surface area contributed by atoms with Crippen LogP contribution in [-0.4, -0.2) is 10.00 Å². The smallest absolute Gasteiger partial charge is 0.491 e. The SMILES string of the molecule is O=[PH+]O.Oc1ccccc1.S. The molecule has 0 amide bonds. The first kappa shape index (κ1) is 13.1. The molecule has 0 heterocycles. The lowest BCUT2D eigenvalue weighted by Crippen LogP contribution is -1.56. The van der Waals surface area contributed by atoms with E-state index < -0.39 is 8.69 Å². The maximum atomic E-state index is 8.63. The minimum absolute atomic E-state index is 0. The van der Waals surface area contributed by atoms with Gasteiger partial charge in [0.1, 0.15) is 5.75 Å². The zero-order chi connectivity index (χ0) is 7.82. The van der Waals surface area contributed by atoms with Crippen LogP contribution in [0.3, 0.4) is 0 Å². The van der Waals surface area contributed by atoms with Crippen LogP contribution in [-0.2, 0) is 4.57 Å². The van der Waals surface area contributed by atoms with Gasteiger partial charge in [0.25, 0.3) is 0 Å². The lowest BCUT2D eigenvalue weighted by molar-refractivity contribution is 0.475. The van der Waals surface area contributed by atoms with Crippen molar-refractivity contribution in [3.8, 4) is 5.75 Å². The molecule has 1 aromatic carbocycles. The second kappa shape index (κ2) is 9.43. The van der Waals surface area contributed by atoms with Crippen molar-refractivity contribution in [2.24, 2.45) is 0 Å². The normalized spacial score (nSPS) is 7.36. The van der Waals surface area contributed by atoms with Gasteiger partial charge < -0.3 is 5.11 Å². The number of benzene rings is 1. The van der Waals surface area contributed by atoms with E-state index in [9.17, 15) is 0 Å². The van der Waals surface area contributed by atoms with Crippen LogP contribution in [0.5, 0.6) is 5.75 Å². The number of aromatic hydroxyl groups is 1. The van der Waals surface area contributed by atoms with E-state index in [2.05, 4.69) is 0 Å². The van der Waals surface area contributed by atoms with E-state index in [1.165, 1.54) is 0 Å². The molecule has 0 saturated heterocycles. The number of hydrogen-bond acceptors (Lipinski definition) is 2. The van der Waals surface area contributed by atoms with Crippen molar-refractivity contribution in [2.45, 2.75) is 0 Å². The third-order valence-corrected chi connectivity index (χ3v) is 0.756. The summed E-state index contributed by atoms with van der Waals surface area (Å²) in [6.45, 7) is 0. The van der Waals surface area contributed by atoms with Gasteiger partial charge in [0.15, 0.2) is 0 Å². The first-order valence-electron chi connectivity index (χ1n) is 2.56. The van der Waals surface area contributed by atoms with Gasteiger partial charge in [-0.15, -0.1) is 0 Å². The van der Waals surface area contributed by atoms with Crippen molar-refractivity contribution >= 4 is 22.2 Å². The molecule has 0 fully saturated rings. The molecule has 0 aromatic heterocycles. The number of para-hydroxylation sites is 1. The molecule has 1 unspecified atom stereocenters. The van der Waals surface area contributed by atoms with E-state index in [0.29, 0.717) is 5.75 Å². The Morgan fingerprint density at radius 1 is 1.18 bits per heavy atom. The molecular weight excluding hydrogens is 183 g/mol. The quantitative estimate of drug-likeness (QED) is 0.612. The van der Waals surface area contributed by atoms with Gasteiger partial charge in [-0.25, -0.2) is 0 Å². The average Bonchev–Trinajstić information content (AvgIpc) is 1.91. The zero-order valence-electron chi connectivity index (χ0n) is 5.69. The number of hydrogen-bond donors (Lipinski definition) is 2. The fourth-order valence-electron chi connectivity index (χ4n) is 0.428. The highest BCUT2D eigenvalue weighted by molar-refractivity contribution is 7.59. The number of phenolic OH excluding ortho intramolecular Hbond substituents is 1. The van der Waals surface area contributed by atoms with E-state index in [-0.39, 0.29) is 13.5 Å². The second-order valence-corrected chi connectivity index (χ2v) is 1.61. The molecule has 0 aliphatic heterocycles. The predicted octanol–water partition coefficient (Wildman–Crippen LogP) is 1.42. The Morgan fingerprint density at radius 3 is 1.73 bits per heavy atom. The van der Waals surface area contributed by atoms with Crippen LogP contribution >= 0.6 is 22.2 Å². The highest BCUT2D eigenvalue weighted by Crippen LogP contribution is 2.02. The molecule has 0 saturated carbocycles. The summed E-state index contributed by atoms with van der Waals surface area (Å²) < 4.78 is 8.51. The Labute approximate surface area is 73.4 Å². The van der Waals surface area contributed by atoms with Crippen LogP contribution < -0.4 is 0 Å². The summed E-state index contributed by atoms with van der Waals surface area (Å²) >= 11 is 0. The summed E-state index contributed by atoms with van der Waals surface area (Å²) in [5.74, 6) is 0.322. The zero-order valence-corrected chi connectivity index (χ0v) is 7.69. The first-order chi connectivity index (χ1) is 4.81. The van der Waals surface area contributed by atoms with Gasteiger partial charge in [-0.3, -0.25) is 0 Å². The van der Waals surface area contributed by atoms with Gasteiger partial charge in [0, 0.05) is 0 Å². The summed E-state index contributed by atoms with van der Waals surface area (Å²) in [6, 6.07) is 8.71. The van der Waals surface area contributed by atoms with E-state index >= 15 is 0 Å². The largest absolute Gasteiger partial charge is 0.508 e. The van der Waals surface area contributed by atoms with E-state index in [4.69, 9.17) is 14.6 Å². The molecule has 1 atom stereocenters. The third-order valence-electron chi connectivity index (χ3n) is 0.756. The maximum Gasteiger partial charge on any atom is 0.491 e. The van der Waals surface area contributed by atoms with Crippen molar-refractivity contribution in [2.75, 3.05) is 0 Å². The second-order valence-electron chi connectivity index (χ2n) is 1.43. The van der Waals surface area contributed by atoms with Crippen molar-refractivity contribution in [1.82, 2.24) is 0 Å². The van der Waals surface area contributed by atoms with E-state index in [1.54, 1.807) is 24.3 Å². The highest BCUT2D eigenvalue weighted by Gasteiger charge is 1.74. The summed E-state index contributed by atoms with van der Waals surface area (Å²) in [4.78, 5) is 7.04. The van der Waals surface area contributed by atoms with Crippen molar-refractivity contribution < 1.29 is 14.6 Å². The Balaban J connectivity index is 0. The average molecular weight is 193 g/mol. The molecule has 0 spiro atoms. The molecular formula is C6H10O3PS+. The Morgan fingerprint density at radius 2 is 1.55 bits per heavy atom. The van der Waals surface area contributed by atoms with Crippen LogP contribution in [0.15, 0.2) is 30.3 Å². The molecule has 0 bridgehead atoms. The van der Waals surface area contributed by atoms with Crippen molar-refractivity contribution in [3.05, 3.63) is 30.3 Å². The summed E-state index contributed by atoms with van der Waals surface area (Å²) in [6.07, 6.45) is 0. The summed E-state index contributed by atoms with van der Waals surface area (Å²) in [7, 11) is -1.17. The van der Waals surface area contributed by atoms with E-state index in [0.717, 1.165) is 0 Å². The fourth-order valence-corrected chi connectivity index (χ4v) is 0.428. The van der Waals surface area contributed by atoms with Crippen molar-refractivity contribution in [3.63, 3.8) is 0 Å². The topological polar surface area (TPSA) is 57.5 Å². The molecule has 2 N–H and O–H groups in total. The van der Waals surface area contributed by atoms with Crippen LogP contribution in [0.1, 0.15) is 0 Å².